The lowest BCUT2D eigenvalue weighted by atomic mass is 10.2. The Morgan fingerprint density at radius 3 is 2.61 bits per heavy atom. The molecule has 2 aliphatic heterocycles. The highest BCUT2D eigenvalue weighted by atomic mass is 35.5. The van der Waals surface area contributed by atoms with E-state index in [4.69, 9.17) is 20.3 Å². The number of halogens is 2. The van der Waals surface area contributed by atoms with Crippen LogP contribution in [-0.4, -0.2) is 89.3 Å². The molecule has 10 nitrogen and oxygen atoms in total. The van der Waals surface area contributed by atoms with Gasteiger partial charge in [-0.15, -0.1) is 24.8 Å². The van der Waals surface area contributed by atoms with Gasteiger partial charge in [0, 0.05) is 26.1 Å². The third-order valence-corrected chi connectivity index (χ3v) is 4.41. The number of anilines is 1. The Hall–Kier alpha value is -1.27. The topological polar surface area (TPSA) is 134 Å². The van der Waals surface area contributed by atoms with Crippen molar-refractivity contribution < 1.29 is 24.5 Å². The first-order valence-corrected chi connectivity index (χ1v) is 8.69. The number of nitrogens with zero attached hydrogens (tertiary/aromatic N) is 4. The lowest BCUT2D eigenvalue weighted by Gasteiger charge is -2.34. The van der Waals surface area contributed by atoms with Crippen LogP contribution in [0.25, 0.3) is 0 Å². The number of β-amino-alcohol motifs (C(OH)–C–C–N with tert-alkyl or cyclic N) is 1. The van der Waals surface area contributed by atoms with Crippen LogP contribution in [-0.2, 0) is 16.0 Å². The van der Waals surface area contributed by atoms with Gasteiger partial charge < -0.3 is 19.7 Å². The second-order valence-electron chi connectivity index (χ2n) is 6.40. The summed E-state index contributed by atoms with van der Waals surface area (Å²) in [6, 6.07) is 0. The van der Waals surface area contributed by atoms with Crippen LogP contribution in [0.4, 0.5) is 5.82 Å². The van der Waals surface area contributed by atoms with E-state index in [1.165, 1.54) is 4.90 Å². The number of amides is 1. The molecule has 1 amide bonds. The zero-order chi connectivity index (χ0) is 18.7. The smallest absolute Gasteiger partial charge is 0.284 e. The average Bonchev–Trinajstić information content (AvgIpc) is 2.65. The van der Waals surface area contributed by atoms with Crippen molar-refractivity contribution in [3.63, 3.8) is 0 Å². The largest absolute Gasteiger partial charge is 0.460 e. The second-order valence-corrected chi connectivity index (χ2v) is 6.40. The maximum Gasteiger partial charge on any atom is 0.284 e. The number of hydrogen-bond acceptors (Lipinski definition) is 9. The van der Waals surface area contributed by atoms with E-state index in [9.17, 15) is 9.90 Å². The van der Waals surface area contributed by atoms with Crippen molar-refractivity contribution in [2.24, 2.45) is 5.73 Å². The van der Waals surface area contributed by atoms with Gasteiger partial charge in [0.25, 0.3) is 5.91 Å². The van der Waals surface area contributed by atoms with Gasteiger partial charge in [-0.2, -0.15) is 0 Å². The molecule has 1 aromatic rings. The van der Waals surface area contributed by atoms with Crippen LogP contribution in [0, 0.1) is 6.92 Å². The molecule has 4 N–H and O–H groups in total. The van der Waals surface area contributed by atoms with Crippen LogP contribution in [0.2, 0.25) is 0 Å². The van der Waals surface area contributed by atoms with Gasteiger partial charge in [0.2, 0.25) is 6.23 Å². The number of aliphatic hydroxyl groups excluding tert-OH is 2. The van der Waals surface area contributed by atoms with E-state index in [2.05, 4.69) is 14.9 Å². The Morgan fingerprint density at radius 1 is 1.29 bits per heavy atom. The molecule has 2 atom stereocenters. The number of morpholine rings is 1. The van der Waals surface area contributed by atoms with Crippen LogP contribution < -0.4 is 15.4 Å². The lowest BCUT2D eigenvalue weighted by molar-refractivity contribution is -0.126. The summed E-state index contributed by atoms with van der Waals surface area (Å²) < 4.78 is 10.9. The molecule has 2 aliphatic rings. The van der Waals surface area contributed by atoms with E-state index >= 15 is 0 Å². The first-order chi connectivity index (χ1) is 12.5. The first-order valence-electron chi connectivity index (χ1n) is 8.69. The monoisotopic (exact) mass is 439 g/mol. The van der Waals surface area contributed by atoms with Gasteiger partial charge in [0.15, 0.2) is 11.6 Å². The van der Waals surface area contributed by atoms with Crippen LogP contribution in [0.5, 0.6) is 5.75 Å². The molecule has 0 bridgehead atoms. The summed E-state index contributed by atoms with van der Waals surface area (Å²) in [4.78, 5) is 24.7. The minimum Gasteiger partial charge on any atom is -0.460 e. The van der Waals surface area contributed by atoms with Crippen molar-refractivity contribution in [3.05, 3.63) is 11.5 Å². The predicted molar refractivity (Wildman–Crippen MR) is 106 cm³/mol. The predicted octanol–water partition coefficient (Wildman–Crippen LogP) is -1.13. The molecule has 1 aromatic heterocycles. The number of ether oxygens (including phenoxy) is 2. The van der Waals surface area contributed by atoms with Gasteiger partial charge in [-0.1, -0.05) is 0 Å². The van der Waals surface area contributed by atoms with Crippen molar-refractivity contribution in [2.45, 2.75) is 25.7 Å². The SMILES string of the molecule is Cc1nc(CCN2CCOCC2)c2c(n1)N(CC(O)CO)C(=O)C(N)O2.Cl.Cl. The molecule has 3 rings (SSSR count). The number of carbonyl (C=O) groups is 1. The summed E-state index contributed by atoms with van der Waals surface area (Å²) in [6.45, 7) is 5.07. The van der Waals surface area contributed by atoms with Gasteiger partial charge in [0.05, 0.1) is 38.2 Å². The van der Waals surface area contributed by atoms with E-state index < -0.39 is 24.8 Å². The zero-order valence-corrected chi connectivity index (χ0v) is 17.2. The molecular weight excluding hydrogens is 413 g/mol. The summed E-state index contributed by atoms with van der Waals surface area (Å²) in [6.07, 6.45) is -1.67. The van der Waals surface area contributed by atoms with Crippen molar-refractivity contribution in [3.8, 4) is 5.75 Å². The fourth-order valence-corrected chi connectivity index (χ4v) is 3.05. The highest BCUT2D eigenvalue weighted by molar-refractivity contribution is 5.98. The normalized spacial score (nSPS) is 20.5. The maximum absolute atomic E-state index is 12.4. The van der Waals surface area contributed by atoms with Crippen LogP contribution in [0.1, 0.15) is 11.5 Å². The van der Waals surface area contributed by atoms with Gasteiger partial charge in [0.1, 0.15) is 5.82 Å². The van der Waals surface area contributed by atoms with Gasteiger partial charge >= 0.3 is 0 Å². The number of hydrogen-bond donors (Lipinski definition) is 3. The number of carbonyl (C=O) groups excluding carboxylic acids is 1. The minimum atomic E-state index is -1.19. The molecule has 0 aromatic carbocycles. The van der Waals surface area contributed by atoms with Gasteiger partial charge in [-0.05, 0) is 6.92 Å². The van der Waals surface area contributed by atoms with Crippen molar-refractivity contribution in [1.82, 2.24) is 14.9 Å². The number of aliphatic hydroxyl groups is 2. The van der Waals surface area contributed by atoms with E-state index in [-0.39, 0.29) is 37.2 Å². The minimum absolute atomic E-state index is 0. The number of rotatable bonds is 6. The van der Waals surface area contributed by atoms with E-state index in [1.807, 2.05) is 0 Å². The fraction of sp³-hybridized carbons (Fsp3) is 0.688. The van der Waals surface area contributed by atoms with Gasteiger partial charge in [-0.3, -0.25) is 20.3 Å². The number of aryl methyl sites for hydroxylation is 1. The summed E-state index contributed by atoms with van der Waals surface area (Å²) in [5.41, 5.74) is 6.48. The molecule has 1 saturated heterocycles. The molecule has 0 spiro atoms. The van der Waals surface area contributed by atoms with Crippen molar-refractivity contribution >= 4 is 36.5 Å². The van der Waals surface area contributed by atoms with E-state index in [0.29, 0.717) is 36.9 Å². The molecule has 28 heavy (non-hydrogen) atoms. The molecule has 0 aliphatic carbocycles. The zero-order valence-electron chi connectivity index (χ0n) is 15.6. The highest BCUT2D eigenvalue weighted by Crippen LogP contribution is 2.34. The molecule has 0 radical (unpaired) electrons. The third-order valence-electron chi connectivity index (χ3n) is 4.41. The Morgan fingerprint density at radius 2 is 1.96 bits per heavy atom. The number of fused-ring (bicyclic) bond motifs is 1. The Balaban J connectivity index is 0.00000196. The maximum atomic E-state index is 12.4. The first kappa shape index (κ1) is 24.8. The highest BCUT2D eigenvalue weighted by Gasteiger charge is 2.36. The standard InChI is InChI=1S/C16H25N5O5.2ClH/c1-10-18-12(2-3-20-4-6-25-7-5-20)13-15(19-10)21(8-11(23)9-22)16(24)14(17)26-13;;/h11,14,22-23H,2-9,17H2,1H3;2*1H. The lowest BCUT2D eigenvalue weighted by Crippen LogP contribution is -2.53. The summed E-state index contributed by atoms with van der Waals surface area (Å²) >= 11 is 0. The molecule has 3 heterocycles. The number of aromatic nitrogens is 2. The van der Waals surface area contributed by atoms with Crippen molar-refractivity contribution in [1.29, 1.82) is 0 Å². The summed E-state index contributed by atoms with van der Waals surface area (Å²) in [5, 5.41) is 18.9. The van der Waals surface area contributed by atoms with Crippen molar-refractivity contribution in [2.75, 3.05) is 50.9 Å². The summed E-state index contributed by atoms with van der Waals surface area (Å²) in [5.74, 6) is 0.632. The quantitative estimate of drug-likeness (QED) is 0.502. The molecule has 12 heteroatoms. The van der Waals surface area contributed by atoms with E-state index in [0.717, 1.165) is 19.6 Å². The second kappa shape index (κ2) is 11.1. The Kier molecular flexibility index (Phi) is 9.78. The molecule has 0 saturated carbocycles. The van der Waals surface area contributed by atoms with E-state index in [1.54, 1.807) is 6.92 Å². The third kappa shape index (κ3) is 5.63. The fourth-order valence-electron chi connectivity index (χ4n) is 3.05. The van der Waals surface area contributed by atoms with Gasteiger partial charge in [-0.25, -0.2) is 9.97 Å². The average molecular weight is 440 g/mol. The Labute approximate surface area is 175 Å². The molecular formula is C16H27Cl2N5O5. The molecule has 1 fully saturated rings. The number of nitrogens with two attached hydrogens (primary N) is 1. The van der Waals surface area contributed by atoms with Crippen LogP contribution in [0.15, 0.2) is 0 Å². The van der Waals surface area contributed by atoms with Crippen LogP contribution in [0.3, 0.4) is 0 Å². The molecule has 160 valence electrons. The molecule has 2 unspecified atom stereocenters. The Bertz CT molecular complexity index is 663. The summed E-state index contributed by atoms with van der Waals surface area (Å²) in [7, 11) is 0. The van der Waals surface area contributed by atoms with Crippen LogP contribution >= 0.6 is 24.8 Å².